The average Bonchev–Trinajstić information content (AvgIpc) is 3.32. The zero-order chi connectivity index (χ0) is 18.8. The molecular weight excluding hydrogens is 336 g/mol. The Kier molecular flexibility index (Phi) is 4.46. The molecule has 0 unspecified atom stereocenters. The summed E-state index contributed by atoms with van der Waals surface area (Å²) in [5, 5.41) is 8.70. The minimum atomic E-state index is 0.780. The van der Waals surface area contributed by atoms with E-state index in [4.69, 9.17) is 0 Å². The Morgan fingerprint density at radius 3 is 2.56 bits per heavy atom. The molecule has 0 fully saturated rings. The molecule has 0 N–H and O–H groups in total. The number of aromatic nitrogens is 5. The summed E-state index contributed by atoms with van der Waals surface area (Å²) in [5.41, 5.74) is 5.56. The van der Waals surface area contributed by atoms with E-state index in [1.807, 2.05) is 54.1 Å². The average molecular weight is 358 g/mol. The van der Waals surface area contributed by atoms with Gasteiger partial charge < -0.3 is 4.90 Å². The molecule has 1 aromatic carbocycles. The highest BCUT2D eigenvalue weighted by Gasteiger charge is 2.10. The van der Waals surface area contributed by atoms with E-state index in [1.54, 1.807) is 6.20 Å². The molecule has 3 heterocycles. The zero-order valence-corrected chi connectivity index (χ0v) is 15.7. The molecule has 0 aliphatic heterocycles. The fourth-order valence-electron chi connectivity index (χ4n) is 3.21. The third-order valence-electron chi connectivity index (χ3n) is 4.59. The Morgan fingerprint density at radius 2 is 1.89 bits per heavy atom. The van der Waals surface area contributed by atoms with Crippen LogP contribution in [0.5, 0.6) is 0 Å². The van der Waals surface area contributed by atoms with Gasteiger partial charge >= 0.3 is 0 Å². The molecule has 4 rings (SSSR count). The minimum Gasteiger partial charge on any atom is -0.355 e. The molecule has 0 atom stereocenters. The Morgan fingerprint density at radius 1 is 1.07 bits per heavy atom. The maximum atomic E-state index is 4.54. The van der Waals surface area contributed by atoms with Crippen LogP contribution in [0.1, 0.15) is 11.3 Å². The zero-order valence-electron chi connectivity index (χ0n) is 15.7. The van der Waals surface area contributed by atoms with E-state index in [2.05, 4.69) is 57.5 Å². The Labute approximate surface area is 158 Å². The van der Waals surface area contributed by atoms with Crippen LogP contribution >= 0.6 is 0 Å². The summed E-state index contributed by atoms with van der Waals surface area (Å²) in [5.74, 6) is 0.937. The van der Waals surface area contributed by atoms with Gasteiger partial charge in [-0.1, -0.05) is 12.1 Å². The van der Waals surface area contributed by atoms with E-state index in [0.717, 1.165) is 34.9 Å². The first-order valence-corrected chi connectivity index (χ1v) is 8.87. The van der Waals surface area contributed by atoms with Crippen molar-refractivity contribution in [2.24, 2.45) is 7.05 Å². The minimum absolute atomic E-state index is 0.780. The summed E-state index contributed by atoms with van der Waals surface area (Å²) >= 11 is 0. The third kappa shape index (κ3) is 3.60. The van der Waals surface area contributed by atoms with Crippen molar-refractivity contribution in [1.82, 2.24) is 24.5 Å². The standard InChI is InChI=1S/C21H22N6/c1-16-20(15-26(3)24-16)18-9-11-22-21(13-18)25(2)14-17-5-7-19(8-6-17)27-12-4-10-23-27/h4-13,15H,14H2,1-3H3. The van der Waals surface area contributed by atoms with E-state index in [9.17, 15) is 0 Å². The lowest BCUT2D eigenvalue weighted by Gasteiger charge is -2.19. The van der Waals surface area contributed by atoms with Crippen LogP contribution in [-0.2, 0) is 13.6 Å². The molecule has 0 aliphatic rings. The molecule has 6 heteroatoms. The fourth-order valence-corrected chi connectivity index (χ4v) is 3.21. The summed E-state index contributed by atoms with van der Waals surface area (Å²) < 4.78 is 3.70. The second-order valence-corrected chi connectivity index (χ2v) is 6.68. The van der Waals surface area contributed by atoms with E-state index in [-0.39, 0.29) is 0 Å². The first-order chi connectivity index (χ1) is 13.1. The van der Waals surface area contributed by atoms with Gasteiger partial charge in [-0.15, -0.1) is 0 Å². The molecule has 0 saturated heterocycles. The molecule has 6 nitrogen and oxygen atoms in total. The Balaban J connectivity index is 1.52. The molecular formula is C21H22N6. The van der Waals surface area contributed by atoms with Gasteiger partial charge in [-0.2, -0.15) is 10.2 Å². The Bertz CT molecular complexity index is 1030. The van der Waals surface area contributed by atoms with Crippen LogP contribution in [0.25, 0.3) is 16.8 Å². The normalized spacial score (nSPS) is 10.9. The van der Waals surface area contributed by atoms with E-state index in [1.165, 1.54) is 5.56 Å². The number of hydrogen-bond acceptors (Lipinski definition) is 4. The summed E-state index contributed by atoms with van der Waals surface area (Å²) in [6.45, 7) is 2.81. The van der Waals surface area contributed by atoms with Crippen LogP contribution < -0.4 is 4.90 Å². The molecule has 3 aromatic heterocycles. The number of benzene rings is 1. The van der Waals surface area contributed by atoms with Gasteiger partial charge in [-0.05, 0) is 48.4 Å². The lowest BCUT2D eigenvalue weighted by Crippen LogP contribution is -2.17. The predicted octanol–water partition coefficient (Wildman–Crippen LogP) is 3.61. The first-order valence-electron chi connectivity index (χ1n) is 8.87. The molecule has 136 valence electrons. The third-order valence-corrected chi connectivity index (χ3v) is 4.59. The highest BCUT2D eigenvalue weighted by atomic mass is 15.3. The van der Waals surface area contributed by atoms with Crippen molar-refractivity contribution in [3.05, 3.63) is 78.5 Å². The van der Waals surface area contributed by atoms with E-state index >= 15 is 0 Å². The monoisotopic (exact) mass is 358 g/mol. The van der Waals surface area contributed by atoms with Gasteiger partial charge in [0.1, 0.15) is 5.82 Å². The highest BCUT2D eigenvalue weighted by Crippen LogP contribution is 2.25. The fraction of sp³-hybridized carbons (Fsp3) is 0.190. The van der Waals surface area contributed by atoms with Crippen molar-refractivity contribution in [3.63, 3.8) is 0 Å². The van der Waals surface area contributed by atoms with Crippen LogP contribution in [0.2, 0.25) is 0 Å². The second-order valence-electron chi connectivity index (χ2n) is 6.68. The summed E-state index contributed by atoms with van der Waals surface area (Å²) in [4.78, 5) is 6.69. The van der Waals surface area contributed by atoms with Crippen molar-refractivity contribution in [2.75, 3.05) is 11.9 Å². The van der Waals surface area contributed by atoms with Gasteiger partial charge in [0.2, 0.25) is 0 Å². The van der Waals surface area contributed by atoms with Crippen molar-refractivity contribution in [2.45, 2.75) is 13.5 Å². The highest BCUT2D eigenvalue weighted by molar-refractivity contribution is 5.68. The maximum Gasteiger partial charge on any atom is 0.129 e. The molecule has 4 aromatic rings. The lowest BCUT2D eigenvalue weighted by molar-refractivity contribution is 0.756. The molecule has 0 saturated carbocycles. The predicted molar refractivity (Wildman–Crippen MR) is 107 cm³/mol. The van der Waals surface area contributed by atoms with Gasteiger partial charge in [0, 0.05) is 51.0 Å². The van der Waals surface area contributed by atoms with E-state index in [0.29, 0.717) is 0 Å². The Hall–Kier alpha value is -3.41. The summed E-state index contributed by atoms with van der Waals surface area (Å²) in [6, 6.07) is 14.5. The molecule has 27 heavy (non-hydrogen) atoms. The van der Waals surface area contributed by atoms with Crippen LogP contribution in [0.15, 0.2) is 67.3 Å². The van der Waals surface area contributed by atoms with Crippen molar-refractivity contribution < 1.29 is 0 Å². The molecule has 0 radical (unpaired) electrons. The van der Waals surface area contributed by atoms with Gasteiger partial charge in [0.25, 0.3) is 0 Å². The smallest absolute Gasteiger partial charge is 0.129 e. The quantitative estimate of drug-likeness (QED) is 0.547. The SMILES string of the molecule is Cc1nn(C)cc1-c1ccnc(N(C)Cc2ccc(-n3cccn3)cc2)c1. The lowest BCUT2D eigenvalue weighted by atomic mass is 10.1. The number of rotatable bonds is 5. The molecule has 0 spiro atoms. The second kappa shape index (κ2) is 7.07. The summed E-state index contributed by atoms with van der Waals surface area (Å²) in [7, 11) is 4.00. The van der Waals surface area contributed by atoms with Crippen LogP contribution in [0.3, 0.4) is 0 Å². The van der Waals surface area contributed by atoms with Gasteiger partial charge in [-0.25, -0.2) is 9.67 Å². The van der Waals surface area contributed by atoms with Crippen LogP contribution in [0, 0.1) is 6.92 Å². The molecule has 0 aliphatic carbocycles. The number of pyridine rings is 1. The number of hydrogen-bond donors (Lipinski definition) is 0. The maximum absolute atomic E-state index is 4.54. The van der Waals surface area contributed by atoms with Crippen LogP contribution in [0.4, 0.5) is 5.82 Å². The number of nitrogens with zero attached hydrogens (tertiary/aromatic N) is 6. The van der Waals surface area contributed by atoms with Gasteiger partial charge in [0.05, 0.1) is 11.4 Å². The summed E-state index contributed by atoms with van der Waals surface area (Å²) in [6.07, 6.45) is 7.62. The number of anilines is 1. The van der Waals surface area contributed by atoms with Crippen LogP contribution in [-0.4, -0.2) is 31.6 Å². The number of aryl methyl sites for hydroxylation is 2. The van der Waals surface area contributed by atoms with Crippen molar-refractivity contribution in [3.8, 4) is 16.8 Å². The molecule has 0 bridgehead atoms. The largest absolute Gasteiger partial charge is 0.355 e. The van der Waals surface area contributed by atoms with Crippen molar-refractivity contribution in [1.29, 1.82) is 0 Å². The van der Waals surface area contributed by atoms with E-state index < -0.39 is 0 Å². The molecule has 0 amide bonds. The van der Waals surface area contributed by atoms with Gasteiger partial charge in [-0.3, -0.25) is 4.68 Å². The first kappa shape index (κ1) is 17.0. The topological polar surface area (TPSA) is 51.8 Å². The van der Waals surface area contributed by atoms with Crippen molar-refractivity contribution >= 4 is 5.82 Å². The van der Waals surface area contributed by atoms with Gasteiger partial charge in [0.15, 0.2) is 0 Å².